The molecular formula is C26H28O4. The van der Waals surface area contributed by atoms with Crippen LogP contribution in [0.5, 0.6) is 0 Å². The number of benzene rings is 2. The van der Waals surface area contributed by atoms with Crippen molar-refractivity contribution in [2.45, 2.75) is 52.4 Å². The molecular weight excluding hydrogens is 376 g/mol. The first-order valence-electron chi connectivity index (χ1n) is 10.6. The Kier molecular flexibility index (Phi) is 6.99. The molecule has 2 aromatic rings. The number of Topliss-reactive ketones (excluding diaryl/α,β-unsaturated/α-hetero) is 3. The van der Waals surface area contributed by atoms with Crippen LogP contribution in [0.15, 0.2) is 48.5 Å². The zero-order valence-corrected chi connectivity index (χ0v) is 17.9. The average molecular weight is 405 g/mol. The number of ether oxygens (including phenoxy) is 1. The van der Waals surface area contributed by atoms with E-state index in [4.69, 9.17) is 4.74 Å². The third-order valence-electron chi connectivity index (χ3n) is 5.43. The summed E-state index contributed by atoms with van der Waals surface area (Å²) in [5.41, 5.74) is 3.02. The molecule has 3 rings (SSSR count). The van der Waals surface area contributed by atoms with Crippen LogP contribution in [0.25, 0.3) is 11.3 Å². The lowest BCUT2D eigenvalue weighted by atomic mass is 9.95. The van der Waals surface area contributed by atoms with Gasteiger partial charge in [0.15, 0.2) is 11.6 Å². The molecule has 2 aromatic carbocycles. The van der Waals surface area contributed by atoms with Crippen LogP contribution in [0, 0.1) is 0 Å². The Labute approximate surface area is 178 Å². The predicted octanol–water partition coefficient (Wildman–Crippen LogP) is 5.61. The van der Waals surface area contributed by atoms with E-state index >= 15 is 0 Å². The maximum atomic E-state index is 13.3. The molecule has 0 aromatic heterocycles. The van der Waals surface area contributed by atoms with E-state index < -0.39 is 5.92 Å². The Hall–Kier alpha value is -3.01. The highest BCUT2D eigenvalue weighted by Crippen LogP contribution is 2.43. The fourth-order valence-electron chi connectivity index (χ4n) is 3.97. The zero-order chi connectivity index (χ0) is 21.7. The van der Waals surface area contributed by atoms with Gasteiger partial charge >= 0.3 is 0 Å². The Balaban J connectivity index is 2.16. The number of carbonyl (C=O) groups is 3. The third kappa shape index (κ3) is 4.28. The smallest absolute Gasteiger partial charge is 0.182 e. The molecule has 156 valence electrons. The van der Waals surface area contributed by atoms with Crippen LogP contribution in [0.3, 0.4) is 0 Å². The van der Waals surface area contributed by atoms with Crippen molar-refractivity contribution in [2.24, 2.45) is 0 Å². The van der Waals surface area contributed by atoms with Crippen molar-refractivity contribution < 1.29 is 19.1 Å². The lowest BCUT2D eigenvalue weighted by molar-refractivity contribution is -0.124. The molecule has 0 amide bonds. The quantitative estimate of drug-likeness (QED) is 0.179. The van der Waals surface area contributed by atoms with E-state index in [2.05, 4.69) is 6.92 Å². The van der Waals surface area contributed by atoms with Crippen molar-refractivity contribution in [2.75, 3.05) is 6.61 Å². The van der Waals surface area contributed by atoms with Crippen molar-refractivity contribution in [3.8, 4) is 0 Å². The highest BCUT2D eigenvalue weighted by atomic mass is 16.5. The number of unbranched alkanes of at least 4 members (excludes halogenated alkanes) is 2. The molecule has 0 aliphatic heterocycles. The Morgan fingerprint density at radius 3 is 2.33 bits per heavy atom. The van der Waals surface area contributed by atoms with Gasteiger partial charge < -0.3 is 4.74 Å². The van der Waals surface area contributed by atoms with Gasteiger partial charge in [-0.05, 0) is 37.5 Å². The normalized spacial score (nSPS) is 16.9. The summed E-state index contributed by atoms with van der Waals surface area (Å²) >= 11 is 0. The van der Waals surface area contributed by atoms with Gasteiger partial charge in [-0.2, -0.15) is 0 Å². The van der Waals surface area contributed by atoms with Gasteiger partial charge in [0.1, 0.15) is 17.5 Å². The van der Waals surface area contributed by atoms with Gasteiger partial charge in [-0.1, -0.05) is 62.2 Å². The third-order valence-corrected chi connectivity index (χ3v) is 5.43. The van der Waals surface area contributed by atoms with Gasteiger partial charge in [0.25, 0.3) is 0 Å². The lowest BCUT2D eigenvalue weighted by Crippen LogP contribution is -2.15. The Morgan fingerprint density at radius 1 is 0.967 bits per heavy atom. The summed E-state index contributed by atoms with van der Waals surface area (Å²) in [5, 5.41) is 0. The molecule has 0 radical (unpaired) electrons. The second kappa shape index (κ2) is 9.66. The monoisotopic (exact) mass is 404 g/mol. The van der Waals surface area contributed by atoms with Gasteiger partial charge in [-0.25, -0.2) is 0 Å². The second-order valence-corrected chi connectivity index (χ2v) is 7.59. The van der Waals surface area contributed by atoms with E-state index in [-0.39, 0.29) is 17.3 Å². The van der Waals surface area contributed by atoms with E-state index in [9.17, 15) is 14.4 Å². The standard InChI is InChI=1S/C26H28O4/c1-4-6-8-13-22(28)19-14-15-20-21(16-19)24(25(29)23(20)17(3)27)26(30-5-2)18-11-9-7-10-12-18/h7,9-12,14-16,23H,4-6,8,13H2,1-3H3/b26-24-. The summed E-state index contributed by atoms with van der Waals surface area (Å²) in [6.45, 7) is 5.78. The van der Waals surface area contributed by atoms with Crippen LogP contribution in [-0.4, -0.2) is 24.0 Å². The Morgan fingerprint density at radius 2 is 1.70 bits per heavy atom. The summed E-state index contributed by atoms with van der Waals surface area (Å²) < 4.78 is 5.91. The van der Waals surface area contributed by atoms with Crippen LogP contribution in [0.4, 0.5) is 0 Å². The number of ketones is 3. The molecule has 1 unspecified atom stereocenters. The van der Waals surface area contributed by atoms with Gasteiger partial charge in [0.2, 0.25) is 0 Å². The SMILES string of the molecule is CCCCCC(=O)c1ccc2c(c1)/C(=C(/OCC)c1ccccc1)C(=O)C2C(C)=O. The minimum absolute atomic E-state index is 0.0574. The van der Waals surface area contributed by atoms with Crippen molar-refractivity contribution in [3.05, 3.63) is 70.8 Å². The molecule has 1 aliphatic carbocycles. The molecule has 4 heteroatoms. The summed E-state index contributed by atoms with van der Waals surface area (Å²) in [7, 11) is 0. The number of allylic oxidation sites excluding steroid dienone is 1. The second-order valence-electron chi connectivity index (χ2n) is 7.59. The van der Waals surface area contributed by atoms with Gasteiger partial charge in [-0.3, -0.25) is 14.4 Å². The maximum Gasteiger partial charge on any atom is 0.182 e. The topological polar surface area (TPSA) is 60.4 Å². The predicted molar refractivity (Wildman–Crippen MR) is 118 cm³/mol. The van der Waals surface area contributed by atoms with Gasteiger partial charge in [0.05, 0.1) is 12.2 Å². The number of fused-ring (bicyclic) bond motifs is 1. The number of carbonyl (C=O) groups excluding carboxylic acids is 3. The fraction of sp³-hybridized carbons (Fsp3) is 0.346. The summed E-state index contributed by atoms with van der Waals surface area (Å²) in [6, 6.07) is 14.7. The molecule has 0 spiro atoms. The Bertz CT molecular complexity index is 985. The van der Waals surface area contributed by atoms with Crippen molar-refractivity contribution >= 4 is 28.7 Å². The molecule has 0 heterocycles. The number of hydrogen-bond donors (Lipinski definition) is 0. The van der Waals surface area contributed by atoms with E-state index in [1.54, 1.807) is 18.2 Å². The first-order chi connectivity index (χ1) is 14.5. The minimum Gasteiger partial charge on any atom is -0.492 e. The van der Waals surface area contributed by atoms with Gasteiger partial charge in [-0.15, -0.1) is 0 Å². The first kappa shape index (κ1) is 21.7. The average Bonchev–Trinajstić information content (AvgIpc) is 3.03. The molecule has 1 atom stereocenters. The first-order valence-corrected chi connectivity index (χ1v) is 10.6. The van der Waals surface area contributed by atoms with E-state index in [0.717, 1.165) is 24.8 Å². The largest absolute Gasteiger partial charge is 0.492 e. The number of rotatable bonds is 9. The molecule has 4 nitrogen and oxygen atoms in total. The fourth-order valence-corrected chi connectivity index (χ4v) is 3.97. The van der Waals surface area contributed by atoms with Crippen molar-refractivity contribution in [1.29, 1.82) is 0 Å². The molecule has 0 saturated carbocycles. The van der Waals surface area contributed by atoms with Crippen LogP contribution in [0.2, 0.25) is 0 Å². The minimum atomic E-state index is -0.849. The molecule has 30 heavy (non-hydrogen) atoms. The van der Waals surface area contributed by atoms with Crippen molar-refractivity contribution in [1.82, 2.24) is 0 Å². The zero-order valence-electron chi connectivity index (χ0n) is 17.9. The summed E-state index contributed by atoms with van der Waals surface area (Å²) in [6.07, 6.45) is 3.38. The lowest BCUT2D eigenvalue weighted by Gasteiger charge is -2.13. The molecule has 0 N–H and O–H groups in total. The van der Waals surface area contributed by atoms with Gasteiger partial charge in [0, 0.05) is 17.5 Å². The van der Waals surface area contributed by atoms with E-state index in [0.29, 0.717) is 41.1 Å². The molecule has 1 aliphatic rings. The van der Waals surface area contributed by atoms with E-state index in [1.807, 2.05) is 37.3 Å². The molecule has 0 bridgehead atoms. The maximum absolute atomic E-state index is 13.3. The number of hydrogen-bond acceptors (Lipinski definition) is 4. The molecule has 0 saturated heterocycles. The molecule has 0 fully saturated rings. The van der Waals surface area contributed by atoms with Crippen LogP contribution < -0.4 is 0 Å². The summed E-state index contributed by atoms with van der Waals surface area (Å²) in [5.74, 6) is -0.799. The van der Waals surface area contributed by atoms with Crippen LogP contribution in [-0.2, 0) is 14.3 Å². The highest BCUT2D eigenvalue weighted by molar-refractivity contribution is 6.38. The van der Waals surface area contributed by atoms with Crippen molar-refractivity contribution in [3.63, 3.8) is 0 Å². The summed E-state index contributed by atoms with van der Waals surface area (Å²) in [4.78, 5) is 38.4. The van der Waals surface area contributed by atoms with Crippen LogP contribution in [0.1, 0.15) is 79.4 Å². The van der Waals surface area contributed by atoms with E-state index in [1.165, 1.54) is 6.92 Å². The van der Waals surface area contributed by atoms with Crippen LogP contribution >= 0.6 is 0 Å². The highest BCUT2D eigenvalue weighted by Gasteiger charge is 2.41.